The molecule has 17 heavy (non-hydrogen) atoms. The Bertz CT molecular complexity index is 485. The molecule has 1 rings (SSSR count). The monoisotopic (exact) mass is 258 g/mol. The summed E-state index contributed by atoms with van der Waals surface area (Å²) in [7, 11) is -0.483. The molecule has 0 fully saturated rings. The van der Waals surface area contributed by atoms with Crippen LogP contribution < -0.4 is 15.2 Å². The molecule has 0 spiro atoms. The Morgan fingerprint density at radius 2 is 2.12 bits per heavy atom. The van der Waals surface area contributed by atoms with Gasteiger partial charge in [-0.2, -0.15) is 0 Å². The van der Waals surface area contributed by atoms with Crippen LogP contribution in [0.4, 0.5) is 0 Å². The van der Waals surface area contributed by atoms with Gasteiger partial charge in [0.1, 0.15) is 10.6 Å². The van der Waals surface area contributed by atoms with Gasteiger partial charge in [-0.15, -0.1) is 0 Å². The first-order valence-electron chi connectivity index (χ1n) is 5.25. The lowest BCUT2D eigenvalue weighted by molar-refractivity contribution is 0.402. The summed E-state index contributed by atoms with van der Waals surface area (Å²) in [6.07, 6.45) is 0.725. The molecule has 0 saturated heterocycles. The fourth-order valence-electron chi connectivity index (χ4n) is 1.53. The minimum absolute atomic E-state index is 0.0285. The molecular formula is C11H18N2O3S. The first kappa shape index (κ1) is 14.0. The van der Waals surface area contributed by atoms with Crippen LogP contribution in [0.25, 0.3) is 0 Å². The maximum Gasteiger partial charge on any atom is 0.241 e. The smallest absolute Gasteiger partial charge is 0.241 e. The van der Waals surface area contributed by atoms with Crippen LogP contribution in [-0.4, -0.2) is 28.6 Å². The third kappa shape index (κ3) is 3.69. The molecule has 1 atom stereocenters. The third-order valence-corrected chi connectivity index (χ3v) is 3.50. The summed E-state index contributed by atoms with van der Waals surface area (Å²) in [4.78, 5) is 0.0285. The lowest BCUT2D eigenvalue weighted by Gasteiger charge is -2.12. The number of ether oxygens (including phenoxy) is 1. The molecule has 96 valence electrons. The van der Waals surface area contributed by atoms with E-state index in [1.54, 1.807) is 12.1 Å². The van der Waals surface area contributed by atoms with Crippen LogP contribution in [0.5, 0.6) is 5.75 Å². The number of primary sulfonamides is 1. The summed E-state index contributed by atoms with van der Waals surface area (Å²) in [6, 6.07) is 5.28. The highest BCUT2D eigenvalue weighted by Gasteiger charge is 2.15. The summed E-state index contributed by atoms with van der Waals surface area (Å²) in [5.74, 6) is 0.272. The number of nitrogens with one attached hydrogen (secondary N) is 1. The fourth-order valence-corrected chi connectivity index (χ4v) is 2.27. The molecule has 0 aliphatic carbocycles. The standard InChI is InChI=1S/C11H18N2O3S/c1-8(13-2)6-9-4-5-10(16-3)11(7-9)17(12,14)15/h4-5,7-8,13H,6H2,1-3H3,(H2,12,14,15)/t8-/m1/s1. The Balaban J connectivity index is 3.14. The van der Waals surface area contributed by atoms with E-state index in [1.807, 2.05) is 20.0 Å². The number of methoxy groups -OCH3 is 1. The lowest BCUT2D eigenvalue weighted by atomic mass is 10.1. The predicted octanol–water partition coefficient (Wildman–Crippen LogP) is 0.493. The van der Waals surface area contributed by atoms with E-state index in [0.29, 0.717) is 0 Å². The number of benzene rings is 1. The summed E-state index contributed by atoms with van der Waals surface area (Å²) in [6.45, 7) is 2.01. The number of nitrogens with two attached hydrogens (primary N) is 1. The second-order valence-corrected chi connectivity index (χ2v) is 5.45. The Kier molecular flexibility index (Phi) is 4.50. The van der Waals surface area contributed by atoms with Crippen molar-refractivity contribution in [3.63, 3.8) is 0 Å². The van der Waals surface area contributed by atoms with Crippen molar-refractivity contribution >= 4 is 10.0 Å². The average molecular weight is 258 g/mol. The van der Waals surface area contributed by atoms with Gasteiger partial charge in [-0.25, -0.2) is 13.6 Å². The maximum atomic E-state index is 11.4. The summed E-state index contributed by atoms with van der Waals surface area (Å²) < 4.78 is 27.8. The van der Waals surface area contributed by atoms with Gasteiger partial charge in [-0.1, -0.05) is 6.07 Å². The molecule has 0 aliphatic rings. The molecule has 0 amide bonds. The summed E-state index contributed by atoms with van der Waals surface area (Å²) >= 11 is 0. The van der Waals surface area contributed by atoms with Crippen molar-refractivity contribution < 1.29 is 13.2 Å². The van der Waals surface area contributed by atoms with Gasteiger partial charge in [0, 0.05) is 6.04 Å². The fraction of sp³-hybridized carbons (Fsp3) is 0.455. The van der Waals surface area contributed by atoms with Crippen molar-refractivity contribution in [1.82, 2.24) is 5.32 Å². The third-order valence-electron chi connectivity index (χ3n) is 2.57. The Morgan fingerprint density at radius 3 is 2.59 bits per heavy atom. The molecule has 1 aromatic carbocycles. The van der Waals surface area contributed by atoms with E-state index >= 15 is 0 Å². The normalized spacial score (nSPS) is 13.4. The van der Waals surface area contributed by atoms with Crippen molar-refractivity contribution in [1.29, 1.82) is 0 Å². The molecule has 0 unspecified atom stereocenters. The highest BCUT2D eigenvalue weighted by Crippen LogP contribution is 2.24. The summed E-state index contributed by atoms with van der Waals surface area (Å²) in [5.41, 5.74) is 0.900. The second kappa shape index (κ2) is 5.48. The molecule has 3 N–H and O–H groups in total. The molecule has 5 nitrogen and oxygen atoms in total. The van der Waals surface area contributed by atoms with E-state index < -0.39 is 10.0 Å². The average Bonchev–Trinajstić information content (AvgIpc) is 2.27. The van der Waals surface area contributed by atoms with Crippen molar-refractivity contribution in [2.45, 2.75) is 24.3 Å². The number of hydrogen-bond donors (Lipinski definition) is 2. The number of rotatable bonds is 5. The van der Waals surface area contributed by atoms with Gasteiger partial charge in [0.15, 0.2) is 0 Å². The van der Waals surface area contributed by atoms with Crippen molar-refractivity contribution in [3.8, 4) is 5.75 Å². The van der Waals surface area contributed by atoms with Crippen molar-refractivity contribution in [3.05, 3.63) is 23.8 Å². The molecule has 1 aromatic rings. The Morgan fingerprint density at radius 1 is 1.47 bits per heavy atom. The highest BCUT2D eigenvalue weighted by atomic mass is 32.2. The first-order valence-corrected chi connectivity index (χ1v) is 6.80. The van der Waals surface area contributed by atoms with Gasteiger partial charge < -0.3 is 10.1 Å². The van der Waals surface area contributed by atoms with Crippen LogP contribution in [0, 0.1) is 0 Å². The van der Waals surface area contributed by atoms with E-state index in [0.717, 1.165) is 12.0 Å². The molecule has 0 heterocycles. The van der Waals surface area contributed by atoms with E-state index in [1.165, 1.54) is 7.11 Å². The zero-order chi connectivity index (χ0) is 13.1. The molecule has 0 aliphatic heterocycles. The molecule has 0 bridgehead atoms. The van der Waals surface area contributed by atoms with E-state index in [4.69, 9.17) is 9.88 Å². The van der Waals surface area contributed by atoms with Crippen LogP contribution in [0.1, 0.15) is 12.5 Å². The predicted molar refractivity (Wildman–Crippen MR) is 66.6 cm³/mol. The maximum absolute atomic E-state index is 11.4. The highest BCUT2D eigenvalue weighted by molar-refractivity contribution is 7.89. The van der Waals surface area contributed by atoms with Crippen LogP contribution in [0.3, 0.4) is 0 Å². The zero-order valence-electron chi connectivity index (χ0n) is 10.2. The van der Waals surface area contributed by atoms with Crippen LogP contribution >= 0.6 is 0 Å². The molecule has 6 heteroatoms. The van der Waals surface area contributed by atoms with Gasteiger partial charge in [-0.05, 0) is 38.1 Å². The van der Waals surface area contributed by atoms with Gasteiger partial charge in [-0.3, -0.25) is 0 Å². The zero-order valence-corrected chi connectivity index (χ0v) is 11.0. The molecule has 0 aromatic heterocycles. The van der Waals surface area contributed by atoms with Crippen molar-refractivity contribution in [2.75, 3.05) is 14.2 Å². The lowest BCUT2D eigenvalue weighted by Crippen LogP contribution is -2.23. The van der Waals surface area contributed by atoms with Crippen molar-refractivity contribution in [2.24, 2.45) is 5.14 Å². The van der Waals surface area contributed by atoms with Gasteiger partial charge in [0.25, 0.3) is 0 Å². The molecule has 0 radical (unpaired) electrons. The van der Waals surface area contributed by atoms with Crippen LogP contribution in [0.15, 0.2) is 23.1 Å². The van der Waals surface area contributed by atoms with Gasteiger partial charge >= 0.3 is 0 Å². The Hall–Kier alpha value is -1.11. The molecule has 0 saturated carbocycles. The van der Waals surface area contributed by atoms with Crippen LogP contribution in [-0.2, 0) is 16.4 Å². The van der Waals surface area contributed by atoms with Gasteiger partial charge in [0.05, 0.1) is 7.11 Å². The number of hydrogen-bond acceptors (Lipinski definition) is 4. The summed E-state index contributed by atoms with van der Waals surface area (Å²) in [5, 5.41) is 8.23. The first-order chi connectivity index (χ1) is 7.88. The minimum atomic E-state index is -3.76. The van der Waals surface area contributed by atoms with E-state index in [9.17, 15) is 8.42 Å². The van der Waals surface area contributed by atoms with Gasteiger partial charge in [0.2, 0.25) is 10.0 Å². The van der Waals surface area contributed by atoms with Crippen LogP contribution in [0.2, 0.25) is 0 Å². The number of sulfonamides is 1. The Labute approximate surface area is 102 Å². The quantitative estimate of drug-likeness (QED) is 0.805. The van der Waals surface area contributed by atoms with E-state index in [-0.39, 0.29) is 16.7 Å². The SMILES string of the molecule is CN[C@H](C)Cc1ccc(OC)c(S(N)(=O)=O)c1. The van der Waals surface area contributed by atoms with E-state index in [2.05, 4.69) is 5.32 Å². The second-order valence-electron chi connectivity index (χ2n) is 3.92. The largest absolute Gasteiger partial charge is 0.495 e. The topological polar surface area (TPSA) is 81.4 Å². The number of likely N-dealkylation sites (N-methyl/N-ethyl adjacent to an activating group) is 1. The minimum Gasteiger partial charge on any atom is -0.495 e. The molecular weight excluding hydrogens is 240 g/mol.